The number of nitrogens with zero attached hydrogens (tertiary/aromatic N) is 2. The van der Waals surface area contributed by atoms with E-state index in [1.165, 1.54) is 0 Å². The molecule has 0 aliphatic carbocycles. The van der Waals surface area contributed by atoms with Crippen LogP contribution in [0.3, 0.4) is 0 Å². The van der Waals surface area contributed by atoms with Crippen LogP contribution >= 0.6 is 0 Å². The van der Waals surface area contributed by atoms with Gasteiger partial charge in [0.15, 0.2) is 0 Å². The van der Waals surface area contributed by atoms with Crippen molar-refractivity contribution in [3.8, 4) is 17.4 Å². The third-order valence-corrected chi connectivity index (χ3v) is 2.51. The third-order valence-electron chi connectivity index (χ3n) is 2.51. The van der Waals surface area contributed by atoms with Crippen molar-refractivity contribution < 1.29 is 9.47 Å². The highest BCUT2D eigenvalue weighted by molar-refractivity contribution is 5.37. The average Bonchev–Trinajstić information content (AvgIpc) is 2.46. The monoisotopic (exact) mass is 273 g/mol. The molecule has 0 atom stereocenters. The van der Waals surface area contributed by atoms with Gasteiger partial charge in [-0.25, -0.2) is 0 Å². The first-order chi connectivity index (χ1) is 9.81. The number of hydrogen-bond acceptors (Lipinski definition) is 5. The van der Waals surface area contributed by atoms with Crippen LogP contribution in [0.1, 0.15) is 20.3 Å². The van der Waals surface area contributed by atoms with E-state index in [0.29, 0.717) is 24.1 Å². The highest BCUT2D eigenvalue weighted by Crippen LogP contribution is 2.24. The van der Waals surface area contributed by atoms with E-state index in [0.717, 1.165) is 18.7 Å². The Morgan fingerprint density at radius 3 is 2.80 bits per heavy atom. The zero-order chi connectivity index (χ0) is 14.2. The Kier molecular flexibility index (Phi) is 5.17. The molecule has 106 valence electrons. The lowest BCUT2D eigenvalue weighted by Crippen LogP contribution is -2.03. The minimum Gasteiger partial charge on any atom is -0.494 e. The van der Waals surface area contributed by atoms with E-state index >= 15 is 0 Å². The summed E-state index contributed by atoms with van der Waals surface area (Å²) in [7, 11) is 0. The molecule has 0 aliphatic rings. The van der Waals surface area contributed by atoms with Crippen molar-refractivity contribution in [2.24, 2.45) is 0 Å². The lowest BCUT2D eigenvalue weighted by molar-refractivity contribution is 0.338. The minimum absolute atomic E-state index is 0.458. The zero-order valence-corrected chi connectivity index (χ0v) is 11.8. The third kappa shape index (κ3) is 4.12. The topological polar surface area (TPSA) is 56.3 Å². The summed E-state index contributed by atoms with van der Waals surface area (Å²) < 4.78 is 11.1. The predicted molar refractivity (Wildman–Crippen MR) is 78.5 cm³/mol. The van der Waals surface area contributed by atoms with Crippen molar-refractivity contribution in [3.63, 3.8) is 0 Å². The van der Waals surface area contributed by atoms with Gasteiger partial charge in [-0.1, -0.05) is 13.0 Å². The van der Waals surface area contributed by atoms with Gasteiger partial charge in [0, 0.05) is 12.6 Å². The van der Waals surface area contributed by atoms with Gasteiger partial charge in [0.05, 0.1) is 19.0 Å². The quantitative estimate of drug-likeness (QED) is 0.836. The largest absolute Gasteiger partial charge is 0.494 e. The summed E-state index contributed by atoms with van der Waals surface area (Å²) in [5, 5.41) is 3.17. The summed E-state index contributed by atoms with van der Waals surface area (Å²) in [4.78, 5) is 8.46. The molecule has 1 heterocycles. The number of ether oxygens (including phenoxy) is 2. The fraction of sp³-hybridized carbons (Fsp3) is 0.333. The number of anilines is 1. The Morgan fingerprint density at radius 1 is 1.15 bits per heavy atom. The Morgan fingerprint density at radius 2 is 2.00 bits per heavy atom. The van der Waals surface area contributed by atoms with Gasteiger partial charge in [0.25, 0.3) is 0 Å². The fourth-order valence-electron chi connectivity index (χ4n) is 1.65. The fourth-order valence-corrected chi connectivity index (χ4v) is 1.65. The van der Waals surface area contributed by atoms with Crippen LogP contribution in [0.15, 0.2) is 36.7 Å². The van der Waals surface area contributed by atoms with Gasteiger partial charge in [-0.3, -0.25) is 4.98 Å². The van der Waals surface area contributed by atoms with Crippen LogP contribution in [0.2, 0.25) is 0 Å². The van der Waals surface area contributed by atoms with Gasteiger partial charge in [-0.05, 0) is 25.5 Å². The molecule has 0 saturated carbocycles. The number of rotatable bonds is 7. The van der Waals surface area contributed by atoms with Crippen LogP contribution < -0.4 is 14.8 Å². The smallest absolute Gasteiger partial charge is 0.239 e. The second-order valence-electron chi connectivity index (χ2n) is 4.18. The molecule has 0 aliphatic heterocycles. The van der Waals surface area contributed by atoms with Crippen molar-refractivity contribution in [2.75, 3.05) is 18.5 Å². The van der Waals surface area contributed by atoms with Crippen molar-refractivity contribution in [2.45, 2.75) is 20.3 Å². The van der Waals surface area contributed by atoms with Crippen LogP contribution in [0, 0.1) is 0 Å². The molecule has 20 heavy (non-hydrogen) atoms. The highest BCUT2D eigenvalue weighted by atomic mass is 16.5. The van der Waals surface area contributed by atoms with Gasteiger partial charge in [-0.15, -0.1) is 0 Å². The molecular formula is C15H19N3O2. The standard InChI is InChI=1S/C15H19N3O2/c1-3-8-17-14-10-16-11-15(18-14)20-13-7-5-6-12(9-13)19-4-2/h5-7,9-11H,3-4,8H2,1-2H3,(H,17,18). The summed E-state index contributed by atoms with van der Waals surface area (Å²) in [6.07, 6.45) is 4.30. The molecule has 0 amide bonds. The van der Waals surface area contributed by atoms with E-state index in [4.69, 9.17) is 9.47 Å². The summed E-state index contributed by atoms with van der Waals surface area (Å²) in [5.41, 5.74) is 0. The number of aromatic nitrogens is 2. The molecule has 0 spiro atoms. The van der Waals surface area contributed by atoms with E-state index < -0.39 is 0 Å². The number of nitrogens with one attached hydrogen (secondary N) is 1. The zero-order valence-electron chi connectivity index (χ0n) is 11.8. The minimum atomic E-state index is 0.458. The van der Waals surface area contributed by atoms with Crippen LogP contribution in [-0.4, -0.2) is 23.1 Å². The first-order valence-electron chi connectivity index (χ1n) is 6.78. The van der Waals surface area contributed by atoms with E-state index in [9.17, 15) is 0 Å². The molecular weight excluding hydrogens is 254 g/mol. The normalized spacial score (nSPS) is 10.1. The summed E-state index contributed by atoms with van der Waals surface area (Å²) in [6, 6.07) is 7.46. The van der Waals surface area contributed by atoms with Crippen molar-refractivity contribution in [1.29, 1.82) is 0 Å². The molecule has 0 unspecified atom stereocenters. The lowest BCUT2D eigenvalue weighted by atomic mass is 10.3. The Balaban J connectivity index is 2.07. The molecule has 2 aromatic rings. The van der Waals surface area contributed by atoms with Crippen LogP contribution in [-0.2, 0) is 0 Å². The molecule has 0 radical (unpaired) electrons. The molecule has 0 bridgehead atoms. The Hall–Kier alpha value is -2.30. The summed E-state index contributed by atoms with van der Waals surface area (Å²) >= 11 is 0. The Labute approximate surface area is 119 Å². The second kappa shape index (κ2) is 7.33. The maximum Gasteiger partial charge on any atom is 0.239 e. The van der Waals surface area contributed by atoms with Crippen molar-refractivity contribution in [3.05, 3.63) is 36.7 Å². The first-order valence-corrected chi connectivity index (χ1v) is 6.78. The maximum atomic E-state index is 5.69. The van der Waals surface area contributed by atoms with E-state index in [1.54, 1.807) is 12.4 Å². The van der Waals surface area contributed by atoms with Crippen LogP contribution in [0.4, 0.5) is 5.82 Å². The molecule has 1 aromatic heterocycles. The molecule has 0 saturated heterocycles. The maximum absolute atomic E-state index is 5.69. The Bertz CT molecular complexity index is 546. The van der Waals surface area contributed by atoms with E-state index in [2.05, 4.69) is 22.2 Å². The SMILES string of the molecule is CCCNc1cncc(Oc2cccc(OCC)c2)n1. The predicted octanol–water partition coefficient (Wildman–Crippen LogP) is 3.49. The number of benzene rings is 1. The lowest BCUT2D eigenvalue weighted by Gasteiger charge is -2.08. The first kappa shape index (κ1) is 14.1. The van der Waals surface area contributed by atoms with Crippen LogP contribution in [0.25, 0.3) is 0 Å². The number of hydrogen-bond donors (Lipinski definition) is 1. The molecule has 2 rings (SSSR count). The van der Waals surface area contributed by atoms with Gasteiger partial charge in [-0.2, -0.15) is 4.98 Å². The van der Waals surface area contributed by atoms with Gasteiger partial charge in [0.1, 0.15) is 17.3 Å². The molecule has 5 nitrogen and oxygen atoms in total. The van der Waals surface area contributed by atoms with Crippen molar-refractivity contribution in [1.82, 2.24) is 9.97 Å². The van der Waals surface area contributed by atoms with Gasteiger partial charge in [0.2, 0.25) is 5.88 Å². The van der Waals surface area contributed by atoms with Crippen molar-refractivity contribution >= 4 is 5.82 Å². The molecule has 0 fully saturated rings. The highest BCUT2D eigenvalue weighted by Gasteiger charge is 2.02. The average molecular weight is 273 g/mol. The molecule has 5 heteroatoms. The summed E-state index contributed by atoms with van der Waals surface area (Å²) in [6.45, 7) is 5.53. The molecule has 1 N–H and O–H groups in total. The van der Waals surface area contributed by atoms with Gasteiger partial charge < -0.3 is 14.8 Å². The second-order valence-corrected chi connectivity index (χ2v) is 4.18. The van der Waals surface area contributed by atoms with Crippen LogP contribution in [0.5, 0.6) is 17.4 Å². The summed E-state index contributed by atoms with van der Waals surface area (Å²) in [5.74, 6) is 2.63. The van der Waals surface area contributed by atoms with Gasteiger partial charge >= 0.3 is 0 Å². The molecule has 1 aromatic carbocycles. The van der Waals surface area contributed by atoms with E-state index in [1.807, 2.05) is 31.2 Å². The van der Waals surface area contributed by atoms with E-state index in [-0.39, 0.29) is 0 Å².